The van der Waals surface area contributed by atoms with Gasteiger partial charge in [-0.15, -0.1) is 0 Å². The maximum absolute atomic E-state index is 12.0. The average Bonchev–Trinajstić information content (AvgIpc) is 2.44. The Morgan fingerprint density at radius 3 is 2.37 bits per heavy atom. The first kappa shape index (κ1) is 15.7. The van der Waals surface area contributed by atoms with Gasteiger partial charge in [0.1, 0.15) is 0 Å². The average molecular weight is 329 g/mol. The van der Waals surface area contributed by atoms with Crippen molar-refractivity contribution in [2.75, 3.05) is 13.7 Å². The van der Waals surface area contributed by atoms with E-state index < -0.39 is 10.7 Å². The number of hydrogen-bond acceptors (Lipinski definition) is 4. The van der Waals surface area contributed by atoms with Crippen molar-refractivity contribution in [3.8, 4) is 0 Å². The summed E-state index contributed by atoms with van der Waals surface area (Å²) in [4.78, 5) is 23.2. The molecule has 0 bridgehead atoms. The predicted octanol–water partition coefficient (Wildman–Crippen LogP) is 1.18. The van der Waals surface area contributed by atoms with Crippen molar-refractivity contribution in [2.24, 2.45) is 5.92 Å². The van der Waals surface area contributed by atoms with Gasteiger partial charge in [0.15, 0.2) is 0 Å². The Bertz CT molecular complexity index is 419. The normalized spacial score (nSPS) is 13.4. The van der Waals surface area contributed by atoms with Crippen molar-refractivity contribution in [1.82, 2.24) is 0 Å². The maximum atomic E-state index is 12.0. The van der Waals surface area contributed by atoms with E-state index in [-0.39, 0.29) is 26.9 Å². The number of carbonyl (C=O) groups excluding carboxylic acids is 2. The van der Waals surface area contributed by atoms with Crippen LogP contribution >= 0.6 is 0 Å². The van der Waals surface area contributed by atoms with Crippen LogP contribution in [0.4, 0.5) is 0 Å². The predicted molar refractivity (Wildman–Crippen MR) is 73.4 cm³/mol. The number of carbonyl (C=O) groups is 2. The SMILES string of the molecule is CCOC(=O)[C@@H]([Se]c1ccccc1)[C@H](C)C(=O)OC. The summed E-state index contributed by atoms with van der Waals surface area (Å²) in [5.74, 6) is -1.20. The van der Waals surface area contributed by atoms with Gasteiger partial charge in [0.05, 0.1) is 0 Å². The molecule has 0 aliphatic heterocycles. The zero-order valence-electron chi connectivity index (χ0n) is 11.3. The third-order valence-corrected chi connectivity index (χ3v) is 5.49. The molecular formula is C14H18O4Se. The molecule has 19 heavy (non-hydrogen) atoms. The Hall–Kier alpha value is -1.32. The molecule has 0 aliphatic rings. The fraction of sp³-hybridized carbons (Fsp3) is 0.429. The Labute approximate surface area is 119 Å². The van der Waals surface area contributed by atoms with Gasteiger partial charge in [-0.2, -0.15) is 0 Å². The Morgan fingerprint density at radius 2 is 1.84 bits per heavy atom. The van der Waals surface area contributed by atoms with Gasteiger partial charge < -0.3 is 0 Å². The van der Waals surface area contributed by atoms with Crippen molar-refractivity contribution >= 4 is 31.4 Å². The van der Waals surface area contributed by atoms with E-state index in [0.717, 1.165) is 4.46 Å². The van der Waals surface area contributed by atoms with Crippen LogP contribution in [0.2, 0.25) is 4.82 Å². The van der Waals surface area contributed by atoms with Gasteiger partial charge >= 0.3 is 119 Å². The molecule has 1 aromatic rings. The first-order valence-electron chi connectivity index (χ1n) is 6.06. The van der Waals surface area contributed by atoms with Crippen LogP contribution in [0.15, 0.2) is 30.3 Å². The molecule has 0 saturated heterocycles. The number of methoxy groups -OCH3 is 1. The van der Waals surface area contributed by atoms with Gasteiger partial charge in [-0.1, -0.05) is 0 Å². The molecule has 5 heteroatoms. The van der Waals surface area contributed by atoms with Crippen molar-refractivity contribution in [1.29, 1.82) is 0 Å². The van der Waals surface area contributed by atoms with Gasteiger partial charge in [-0.05, 0) is 0 Å². The Balaban J connectivity index is 2.86. The van der Waals surface area contributed by atoms with Crippen LogP contribution < -0.4 is 4.46 Å². The second-order valence-corrected chi connectivity index (χ2v) is 6.46. The second kappa shape index (κ2) is 7.97. The van der Waals surface area contributed by atoms with E-state index in [1.807, 2.05) is 30.3 Å². The summed E-state index contributed by atoms with van der Waals surface area (Å²) in [7, 11) is 1.33. The molecule has 0 heterocycles. The topological polar surface area (TPSA) is 52.6 Å². The van der Waals surface area contributed by atoms with E-state index in [1.54, 1.807) is 13.8 Å². The van der Waals surface area contributed by atoms with Crippen LogP contribution in [-0.4, -0.2) is 40.6 Å². The van der Waals surface area contributed by atoms with Gasteiger partial charge in [0.2, 0.25) is 0 Å². The zero-order chi connectivity index (χ0) is 14.3. The summed E-state index contributed by atoms with van der Waals surface area (Å²) in [5, 5.41) is 0. The summed E-state index contributed by atoms with van der Waals surface area (Å²) in [5.41, 5.74) is 0. The standard InChI is InChI=1S/C14H18O4Se/c1-4-18-14(16)12(10(2)13(15)17-3)19-11-8-6-5-7-9-11/h5-10,12H,4H2,1-3H3/t10-,12-/m0/s1. The molecule has 104 valence electrons. The van der Waals surface area contributed by atoms with E-state index in [1.165, 1.54) is 7.11 Å². The molecule has 2 atom stereocenters. The van der Waals surface area contributed by atoms with Crippen LogP contribution in [-0.2, 0) is 19.1 Å². The monoisotopic (exact) mass is 330 g/mol. The molecule has 0 amide bonds. The first-order valence-corrected chi connectivity index (χ1v) is 7.90. The molecule has 4 nitrogen and oxygen atoms in total. The van der Waals surface area contributed by atoms with E-state index in [2.05, 4.69) is 0 Å². The summed E-state index contributed by atoms with van der Waals surface area (Å²) < 4.78 is 10.8. The van der Waals surface area contributed by atoms with Gasteiger partial charge in [-0.25, -0.2) is 0 Å². The number of benzene rings is 1. The molecular weight excluding hydrogens is 311 g/mol. The molecule has 0 aliphatic carbocycles. The summed E-state index contributed by atoms with van der Waals surface area (Å²) in [6.45, 7) is 3.78. The minimum absolute atomic E-state index is 0.166. The van der Waals surface area contributed by atoms with E-state index in [0.29, 0.717) is 6.61 Å². The summed E-state index contributed by atoms with van der Waals surface area (Å²) >= 11 is -0.166. The number of hydrogen-bond donors (Lipinski definition) is 0. The number of rotatable bonds is 6. The number of esters is 2. The fourth-order valence-corrected chi connectivity index (χ4v) is 3.81. The molecule has 0 radical (unpaired) electrons. The van der Waals surface area contributed by atoms with Crippen LogP contribution in [0.3, 0.4) is 0 Å². The van der Waals surface area contributed by atoms with Crippen molar-refractivity contribution in [2.45, 2.75) is 18.7 Å². The van der Waals surface area contributed by atoms with Crippen LogP contribution in [0.1, 0.15) is 13.8 Å². The molecule has 0 saturated carbocycles. The van der Waals surface area contributed by atoms with Crippen LogP contribution in [0.25, 0.3) is 0 Å². The van der Waals surface area contributed by atoms with Crippen molar-refractivity contribution < 1.29 is 19.1 Å². The molecule has 0 unspecified atom stereocenters. The van der Waals surface area contributed by atoms with Crippen molar-refractivity contribution in [3.63, 3.8) is 0 Å². The van der Waals surface area contributed by atoms with E-state index >= 15 is 0 Å². The van der Waals surface area contributed by atoms with Crippen LogP contribution in [0.5, 0.6) is 0 Å². The van der Waals surface area contributed by atoms with E-state index in [4.69, 9.17) is 9.47 Å². The van der Waals surface area contributed by atoms with Crippen molar-refractivity contribution in [3.05, 3.63) is 30.3 Å². The molecule has 0 spiro atoms. The van der Waals surface area contributed by atoms with E-state index in [9.17, 15) is 9.59 Å². The number of ether oxygens (including phenoxy) is 2. The first-order chi connectivity index (χ1) is 9.10. The quantitative estimate of drug-likeness (QED) is 0.581. The molecule has 0 N–H and O–H groups in total. The molecule has 0 fully saturated rings. The van der Waals surface area contributed by atoms with Gasteiger partial charge in [0, 0.05) is 0 Å². The van der Waals surface area contributed by atoms with Gasteiger partial charge in [0.25, 0.3) is 0 Å². The second-order valence-electron chi connectivity index (χ2n) is 3.92. The molecule has 1 aromatic carbocycles. The summed E-state index contributed by atoms with van der Waals surface area (Å²) in [6, 6.07) is 9.67. The Kier molecular flexibility index (Phi) is 6.60. The third-order valence-electron chi connectivity index (χ3n) is 2.55. The minimum atomic E-state index is -0.496. The zero-order valence-corrected chi connectivity index (χ0v) is 13.0. The Morgan fingerprint density at radius 1 is 1.21 bits per heavy atom. The van der Waals surface area contributed by atoms with Crippen LogP contribution in [0, 0.1) is 5.92 Å². The summed E-state index contributed by atoms with van der Waals surface area (Å²) in [6.07, 6.45) is 0. The molecule has 1 rings (SSSR count). The third kappa shape index (κ3) is 4.69. The molecule has 0 aromatic heterocycles. The fourth-order valence-electron chi connectivity index (χ4n) is 1.53. The van der Waals surface area contributed by atoms with Gasteiger partial charge in [-0.3, -0.25) is 0 Å².